The molecular weight excluding hydrogens is 204 g/mol. The van der Waals surface area contributed by atoms with Gasteiger partial charge in [0, 0.05) is 0 Å². The predicted octanol–water partition coefficient (Wildman–Crippen LogP) is 2.27. The summed E-state index contributed by atoms with van der Waals surface area (Å²) in [7, 11) is 1.65. The maximum atomic E-state index is 5.42. The minimum atomic E-state index is 0.852. The van der Waals surface area contributed by atoms with Crippen LogP contribution in [0.2, 0.25) is 0 Å². The minimum absolute atomic E-state index is 0.852. The van der Waals surface area contributed by atoms with Gasteiger partial charge in [0.25, 0.3) is 0 Å². The summed E-state index contributed by atoms with van der Waals surface area (Å²) in [5.74, 6) is 0.852. The average molecular weight is 212 g/mol. The lowest BCUT2D eigenvalue weighted by Crippen LogP contribution is -1.80. The van der Waals surface area contributed by atoms with E-state index < -0.39 is 0 Å². The Labute approximate surface area is 84.0 Å². The highest BCUT2D eigenvalue weighted by Gasteiger charge is 2.03. The van der Waals surface area contributed by atoms with Crippen molar-refractivity contribution in [2.45, 2.75) is 4.34 Å². The van der Waals surface area contributed by atoms with Crippen LogP contribution in [0.5, 0.6) is 5.75 Å². The largest absolute Gasteiger partial charge is 0.497 e. The Hall–Kier alpha value is -0.780. The quantitative estimate of drug-likeness (QED) is 0.776. The Morgan fingerprint density at radius 3 is 3.08 bits per heavy atom. The molecule has 0 spiro atoms. The smallest absolute Gasteiger partial charge is 0.165 e. The second kappa shape index (κ2) is 3.53. The molecule has 1 heterocycles. The fourth-order valence-electron chi connectivity index (χ4n) is 1.06. The summed E-state index contributed by atoms with van der Waals surface area (Å²) < 4.78 is 7.09. The van der Waals surface area contributed by atoms with Gasteiger partial charge in [-0.2, -0.15) is 0 Å². The molecule has 0 bridgehead atoms. The molecule has 3 nitrogen and oxygen atoms in total. The number of methoxy groups -OCH3 is 1. The molecule has 1 aromatic heterocycles. The van der Waals surface area contributed by atoms with Gasteiger partial charge in [0.15, 0.2) is 4.34 Å². The second-order valence-corrected chi connectivity index (χ2v) is 4.34. The standard InChI is InChI=1S/C8H8N2OS2/c1-11-5-2-3-6-7(4-5)12-8(10-6)13-9/h2-4H,9H2,1H3. The van der Waals surface area contributed by atoms with Crippen LogP contribution < -0.4 is 9.88 Å². The van der Waals surface area contributed by atoms with Gasteiger partial charge >= 0.3 is 0 Å². The molecule has 0 aliphatic carbocycles. The molecule has 2 aromatic rings. The first-order valence-electron chi connectivity index (χ1n) is 3.65. The lowest BCUT2D eigenvalue weighted by Gasteiger charge is -1.96. The van der Waals surface area contributed by atoms with Gasteiger partial charge in [0.05, 0.1) is 17.3 Å². The molecule has 0 unspecified atom stereocenters. The zero-order valence-electron chi connectivity index (χ0n) is 6.98. The first-order chi connectivity index (χ1) is 6.33. The first kappa shape index (κ1) is 8.80. The number of thiazole rings is 1. The third-order valence-corrected chi connectivity index (χ3v) is 3.32. The van der Waals surface area contributed by atoms with Crippen molar-refractivity contribution in [1.29, 1.82) is 0 Å². The lowest BCUT2D eigenvalue weighted by molar-refractivity contribution is 0.415. The van der Waals surface area contributed by atoms with Crippen molar-refractivity contribution in [3.63, 3.8) is 0 Å². The second-order valence-electron chi connectivity index (χ2n) is 2.43. The summed E-state index contributed by atoms with van der Waals surface area (Å²) in [5, 5.41) is 5.42. The van der Waals surface area contributed by atoms with Crippen LogP contribution >= 0.6 is 23.3 Å². The van der Waals surface area contributed by atoms with Crippen molar-refractivity contribution < 1.29 is 4.74 Å². The molecule has 0 aliphatic heterocycles. The summed E-state index contributed by atoms with van der Waals surface area (Å²) in [6, 6.07) is 5.80. The Bertz CT molecular complexity index is 425. The van der Waals surface area contributed by atoms with E-state index in [0.717, 1.165) is 20.3 Å². The van der Waals surface area contributed by atoms with E-state index in [0.29, 0.717) is 0 Å². The molecular formula is C8H8N2OS2. The number of aromatic nitrogens is 1. The summed E-state index contributed by atoms with van der Waals surface area (Å²) in [4.78, 5) is 4.31. The summed E-state index contributed by atoms with van der Waals surface area (Å²) in [6.45, 7) is 0. The SMILES string of the molecule is COc1ccc2nc(SN)sc2c1. The van der Waals surface area contributed by atoms with E-state index >= 15 is 0 Å². The fourth-order valence-corrected chi connectivity index (χ4v) is 2.40. The number of benzene rings is 1. The lowest BCUT2D eigenvalue weighted by atomic mass is 10.3. The normalized spacial score (nSPS) is 10.6. The van der Waals surface area contributed by atoms with E-state index in [1.54, 1.807) is 18.4 Å². The number of fused-ring (bicyclic) bond motifs is 1. The van der Waals surface area contributed by atoms with Crippen LogP contribution in [-0.2, 0) is 0 Å². The molecule has 0 radical (unpaired) electrons. The maximum Gasteiger partial charge on any atom is 0.165 e. The first-order valence-corrected chi connectivity index (χ1v) is 5.34. The van der Waals surface area contributed by atoms with Gasteiger partial charge in [-0.25, -0.2) is 4.98 Å². The van der Waals surface area contributed by atoms with Crippen LogP contribution in [0.15, 0.2) is 22.5 Å². The summed E-state index contributed by atoms with van der Waals surface area (Å²) in [6.07, 6.45) is 0. The zero-order chi connectivity index (χ0) is 9.26. The Morgan fingerprint density at radius 1 is 1.54 bits per heavy atom. The van der Waals surface area contributed by atoms with E-state index in [-0.39, 0.29) is 0 Å². The van der Waals surface area contributed by atoms with Crippen LogP contribution in [0.4, 0.5) is 0 Å². The van der Waals surface area contributed by atoms with E-state index in [1.165, 1.54) is 11.9 Å². The van der Waals surface area contributed by atoms with E-state index in [9.17, 15) is 0 Å². The highest BCUT2D eigenvalue weighted by Crippen LogP contribution is 2.29. The summed E-state index contributed by atoms with van der Waals surface area (Å²) >= 11 is 2.75. The van der Waals surface area contributed by atoms with Gasteiger partial charge in [-0.1, -0.05) is 0 Å². The van der Waals surface area contributed by atoms with E-state index in [4.69, 9.17) is 9.88 Å². The number of ether oxygens (including phenoxy) is 1. The van der Waals surface area contributed by atoms with Gasteiger partial charge in [-0.3, -0.25) is 5.14 Å². The number of hydrogen-bond acceptors (Lipinski definition) is 5. The van der Waals surface area contributed by atoms with Gasteiger partial charge < -0.3 is 4.74 Å². The molecule has 13 heavy (non-hydrogen) atoms. The number of nitrogens with two attached hydrogens (primary N) is 1. The molecule has 0 atom stereocenters. The maximum absolute atomic E-state index is 5.42. The molecule has 1 aromatic carbocycles. The van der Waals surface area contributed by atoms with E-state index in [2.05, 4.69) is 4.98 Å². The molecule has 68 valence electrons. The third kappa shape index (κ3) is 1.63. The van der Waals surface area contributed by atoms with Gasteiger partial charge in [-0.15, -0.1) is 11.3 Å². The van der Waals surface area contributed by atoms with Gasteiger partial charge in [0.1, 0.15) is 5.75 Å². The number of rotatable bonds is 2. The molecule has 2 rings (SSSR count). The highest BCUT2D eigenvalue weighted by molar-refractivity contribution is 7.99. The number of nitrogens with zero attached hydrogens (tertiary/aromatic N) is 1. The van der Waals surface area contributed by atoms with Crippen molar-refractivity contribution in [1.82, 2.24) is 4.98 Å². The van der Waals surface area contributed by atoms with Crippen LogP contribution in [0, 0.1) is 0 Å². The monoisotopic (exact) mass is 212 g/mol. The molecule has 2 N–H and O–H groups in total. The zero-order valence-corrected chi connectivity index (χ0v) is 8.61. The van der Waals surface area contributed by atoms with Crippen molar-refractivity contribution in [3.8, 4) is 5.75 Å². The van der Waals surface area contributed by atoms with Crippen molar-refractivity contribution in [3.05, 3.63) is 18.2 Å². The van der Waals surface area contributed by atoms with Crippen LogP contribution in [0.1, 0.15) is 0 Å². The van der Waals surface area contributed by atoms with Crippen LogP contribution in [0.3, 0.4) is 0 Å². The molecule has 0 amide bonds. The van der Waals surface area contributed by atoms with Gasteiger partial charge in [0.2, 0.25) is 0 Å². The molecule has 5 heteroatoms. The van der Waals surface area contributed by atoms with Gasteiger partial charge in [-0.05, 0) is 30.1 Å². The molecule has 0 fully saturated rings. The van der Waals surface area contributed by atoms with Crippen LogP contribution in [0.25, 0.3) is 10.2 Å². The van der Waals surface area contributed by atoms with Crippen LogP contribution in [-0.4, -0.2) is 12.1 Å². The predicted molar refractivity (Wildman–Crippen MR) is 56.2 cm³/mol. The molecule has 0 aliphatic rings. The topological polar surface area (TPSA) is 48.1 Å². The third-order valence-electron chi connectivity index (χ3n) is 1.68. The Morgan fingerprint density at radius 2 is 2.38 bits per heavy atom. The Balaban J connectivity index is 2.57. The van der Waals surface area contributed by atoms with Crippen molar-refractivity contribution in [2.75, 3.05) is 7.11 Å². The minimum Gasteiger partial charge on any atom is -0.497 e. The van der Waals surface area contributed by atoms with Crippen molar-refractivity contribution >= 4 is 33.5 Å². The highest BCUT2D eigenvalue weighted by atomic mass is 32.2. The van der Waals surface area contributed by atoms with E-state index in [1.807, 2.05) is 18.2 Å². The average Bonchev–Trinajstić information content (AvgIpc) is 2.58. The molecule has 0 saturated heterocycles. The summed E-state index contributed by atoms with van der Waals surface area (Å²) in [5.41, 5.74) is 0.971. The van der Waals surface area contributed by atoms with Crippen molar-refractivity contribution in [2.24, 2.45) is 5.14 Å². The fraction of sp³-hybridized carbons (Fsp3) is 0.125. The number of hydrogen-bond donors (Lipinski definition) is 1. The molecule has 0 saturated carbocycles. The Kier molecular flexibility index (Phi) is 2.39.